The minimum absolute atomic E-state index is 0.0715. The summed E-state index contributed by atoms with van der Waals surface area (Å²) in [5.41, 5.74) is 1.46. The highest BCUT2D eigenvalue weighted by molar-refractivity contribution is 5.72. The van der Waals surface area contributed by atoms with E-state index in [1.807, 2.05) is 37.3 Å². The molecule has 0 saturated carbocycles. The smallest absolute Gasteiger partial charge is 0.326 e. The summed E-state index contributed by atoms with van der Waals surface area (Å²) in [6.45, 7) is 2.36. The fourth-order valence-electron chi connectivity index (χ4n) is 2.90. The molecule has 4 aromatic rings. The van der Waals surface area contributed by atoms with Gasteiger partial charge in [-0.15, -0.1) is 5.10 Å². The van der Waals surface area contributed by atoms with Crippen molar-refractivity contribution >= 4 is 17.1 Å². The lowest BCUT2D eigenvalue weighted by molar-refractivity contribution is -0.145. The van der Waals surface area contributed by atoms with Crippen molar-refractivity contribution in [3.63, 3.8) is 0 Å². The number of fused-ring (bicyclic) bond motifs is 1. The van der Waals surface area contributed by atoms with Crippen LogP contribution in [0.15, 0.2) is 65.7 Å². The van der Waals surface area contributed by atoms with E-state index in [2.05, 4.69) is 15.3 Å². The highest BCUT2D eigenvalue weighted by Crippen LogP contribution is 2.17. The van der Waals surface area contributed by atoms with E-state index in [0.717, 1.165) is 15.9 Å². The summed E-state index contributed by atoms with van der Waals surface area (Å²) in [6, 6.07) is 16.5. The van der Waals surface area contributed by atoms with Gasteiger partial charge in [0.15, 0.2) is 11.2 Å². The zero-order valence-electron chi connectivity index (χ0n) is 16.3. The third-order valence-electron chi connectivity index (χ3n) is 4.36. The maximum Gasteiger partial charge on any atom is 0.326 e. The van der Waals surface area contributed by atoms with Crippen LogP contribution in [-0.4, -0.2) is 37.1 Å². The Bertz CT molecular complexity index is 1220. The average Bonchev–Trinajstić information content (AvgIpc) is 3.21. The molecule has 0 aliphatic carbocycles. The number of rotatable bonds is 7. The lowest BCUT2D eigenvalue weighted by Gasteiger charge is -2.07. The van der Waals surface area contributed by atoms with E-state index in [4.69, 9.17) is 9.47 Å². The third-order valence-corrected chi connectivity index (χ3v) is 4.36. The maximum atomic E-state index is 12.7. The van der Waals surface area contributed by atoms with Crippen LogP contribution in [-0.2, 0) is 22.7 Å². The van der Waals surface area contributed by atoms with E-state index in [0.29, 0.717) is 17.9 Å². The summed E-state index contributed by atoms with van der Waals surface area (Å²) in [7, 11) is 0. The molecular formula is C21H19N5O4. The first-order valence-corrected chi connectivity index (χ1v) is 9.39. The summed E-state index contributed by atoms with van der Waals surface area (Å²) in [5.74, 6) is 0.191. The number of benzene rings is 2. The minimum atomic E-state index is -0.541. The van der Waals surface area contributed by atoms with Gasteiger partial charge in [0.25, 0.3) is 5.56 Å². The van der Waals surface area contributed by atoms with Crippen LogP contribution >= 0.6 is 0 Å². The Hall–Kier alpha value is -4.01. The topological polar surface area (TPSA) is 101 Å². The summed E-state index contributed by atoms with van der Waals surface area (Å²) in [4.78, 5) is 29.1. The van der Waals surface area contributed by atoms with Gasteiger partial charge in [0.1, 0.15) is 25.2 Å². The van der Waals surface area contributed by atoms with Crippen molar-refractivity contribution in [2.24, 2.45) is 0 Å². The van der Waals surface area contributed by atoms with Gasteiger partial charge in [-0.05, 0) is 36.8 Å². The summed E-state index contributed by atoms with van der Waals surface area (Å²) < 4.78 is 13.3. The standard InChI is InChI=1S/C21H19N5O4/c1-2-29-17-10-8-16(9-11-17)26-20-19(23-24-26)21(28)25(14-22-20)12-18(27)30-13-15-6-4-3-5-7-15/h3-11,14H,2,12-13H2,1H3. The second-order valence-corrected chi connectivity index (χ2v) is 6.42. The first kappa shape index (κ1) is 19.3. The summed E-state index contributed by atoms with van der Waals surface area (Å²) >= 11 is 0. The Morgan fingerprint density at radius 2 is 1.83 bits per heavy atom. The average molecular weight is 405 g/mol. The highest BCUT2D eigenvalue weighted by Gasteiger charge is 2.15. The second kappa shape index (κ2) is 8.56. The Morgan fingerprint density at radius 1 is 1.07 bits per heavy atom. The number of hydrogen-bond donors (Lipinski definition) is 0. The van der Waals surface area contributed by atoms with E-state index < -0.39 is 11.5 Å². The largest absolute Gasteiger partial charge is 0.494 e. The predicted octanol–water partition coefficient (Wildman–Crippen LogP) is 2.12. The molecule has 0 N–H and O–H groups in total. The Labute approximate surface area is 171 Å². The molecule has 0 fully saturated rings. The lowest BCUT2D eigenvalue weighted by atomic mass is 10.2. The van der Waals surface area contributed by atoms with Gasteiger partial charge < -0.3 is 9.47 Å². The fourth-order valence-corrected chi connectivity index (χ4v) is 2.90. The normalized spacial score (nSPS) is 10.8. The Kier molecular flexibility index (Phi) is 5.51. The molecule has 9 nitrogen and oxygen atoms in total. The molecule has 9 heteroatoms. The second-order valence-electron chi connectivity index (χ2n) is 6.42. The SMILES string of the molecule is CCOc1ccc(-n2nnc3c(=O)n(CC(=O)OCc4ccccc4)cnc32)cc1. The van der Waals surface area contributed by atoms with Gasteiger partial charge in [0.2, 0.25) is 0 Å². The molecule has 2 heterocycles. The van der Waals surface area contributed by atoms with Gasteiger partial charge in [0, 0.05) is 0 Å². The Morgan fingerprint density at radius 3 is 2.57 bits per heavy atom. The zero-order chi connectivity index (χ0) is 20.9. The van der Waals surface area contributed by atoms with Crippen molar-refractivity contribution in [3.05, 3.63) is 76.8 Å². The van der Waals surface area contributed by atoms with Crippen molar-refractivity contribution in [1.29, 1.82) is 0 Å². The van der Waals surface area contributed by atoms with Crippen LogP contribution in [0, 0.1) is 0 Å². The number of aromatic nitrogens is 5. The number of hydrogen-bond acceptors (Lipinski definition) is 7. The molecule has 2 aromatic carbocycles. The van der Waals surface area contributed by atoms with Crippen molar-refractivity contribution in [2.45, 2.75) is 20.1 Å². The van der Waals surface area contributed by atoms with Crippen molar-refractivity contribution in [2.75, 3.05) is 6.61 Å². The molecule has 0 unspecified atom stereocenters. The van der Waals surface area contributed by atoms with Crippen LogP contribution in [0.1, 0.15) is 12.5 Å². The first-order valence-electron chi connectivity index (χ1n) is 9.39. The Balaban J connectivity index is 1.52. The predicted molar refractivity (Wildman–Crippen MR) is 108 cm³/mol. The number of ether oxygens (including phenoxy) is 2. The molecule has 0 bridgehead atoms. The zero-order valence-corrected chi connectivity index (χ0v) is 16.3. The van der Waals surface area contributed by atoms with Gasteiger partial charge in [-0.3, -0.25) is 14.2 Å². The van der Waals surface area contributed by atoms with Crippen LogP contribution in [0.3, 0.4) is 0 Å². The lowest BCUT2D eigenvalue weighted by Crippen LogP contribution is -2.26. The third kappa shape index (κ3) is 4.04. The van der Waals surface area contributed by atoms with Gasteiger partial charge in [0.05, 0.1) is 12.3 Å². The van der Waals surface area contributed by atoms with Crippen molar-refractivity contribution in [3.8, 4) is 11.4 Å². The van der Waals surface area contributed by atoms with Gasteiger partial charge in [-0.25, -0.2) is 4.98 Å². The van der Waals surface area contributed by atoms with Crippen LogP contribution in [0.25, 0.3) is 16.9 Å². The molecule has 0 aliphatic heterocycles. The quantitative estimate of drug-likeness (QED) is 0.434. The highest BCUT2D eigenvalue weighted by atomic mass is 16.5. The van der Waals surface area contributed by atoms with Gasteiger partial charge in [-0.2, -0.15) is 4.68 Å². The number of carbonyl (C=O) groups is 1. The molecule has 0 atom stereocenters. The van der Waals surface area contributed by atoms with E-state index in [9.17, 15) is 9.59 Å². The van der Waals surface area contributed by atoms with Crippen LogP contribution in [0.4, 0.5) is 0 Å². The number of nitrogens with zero attached hydrogens (tertiary/aromatic N) is 5. The molecule has 0 aliphatic rings. The monoisotopic (exact) mass is 405 g/mol. The molecule has 4 rings (SSSR count). The molecule has 30 heavy (non-hydrogen) atoms. The van der Waals surface area contributed by atoms with Crippen LogP contribution in [0.2, 0.25) is 0 Å². The molecule has 0 saturated heterocycles. The van der Waals surface area contributed by atoms with E-state index in [1.54, 1.807) is 24.3 Å². The molecule has 2 aromatic heterocycles. The van der Waals surface area contributed by atoms with E-state index >= 15 is 0 Å². The fraction of sp³-hybridized carbons (Fsp3) is 0.190. The van der Waals surface area contributed by atoms with E-state index in [1.165, 1.54) is 11.0 Å². The first-order chi connectivity index (χ1) is 14.7. The van der Waals surface area contributed by atoms with Crippen LogP contribution < -0.4 is 10.3 Å². The number of carbonyl (C=O) groups excluding carboxylic acids is 1. The van der Waals surface area contributed by atoms with Crippen molar-refractivity contribution in [1.82, 2.24) is 24.5 Å². The summed E-state index contributed by atoms with van der Waals surface area (Å²) in [6.07, 6.45) is 1.29. The van der Waals surface area contributed by atoms with E-state index in [-0.39, 0.29) is 18.7 Å². The van der Waals surface area contributed by atoms with Gasteiger partial charge >= 0.3 is 5.97 Å². The molecule has 0 radical (unpaired) electrons. The summed E-state index contributed by atoms with van der Waals surface area (Å²) in [5, 5.41) is 7.98. The molecule has 152 valence electrons. The maximum absolute atomic E-state index is 12.7. The number of esters is 1. The molecule has 0 amide bonds. The minimum Gasteiger partial charge on any atom is -0.494 e. The van der Waals surface area contributed by atoms with Gasteiger partial charge in [-0.1, -0.05) is 35.5 Å². The van der Waals surface area contributed by atoms with Crippen LogP contribution in [0.5, 0.6) is 5.75 Å². The van der Waals surface area contributed by atoms with Crippen molar-refractivity contribution < 1.29 is 14.3 Å². The molecular weight excluding hydrogens is 386 g/mol. The molecule has 0 spiro atoms.